The van der Waals surface area contributed by atoms with Crippen LogP contribution in [0.3, 0.4) is 0 Å². The Kier molecular flexibility index (Phi) is 4.86. The fraction of sp³-hybridized carbons (Fsp3) is 1.00. The summed E-state index contributed by atoms with van der Waals surface area (Å²) in [4.78, 5) is 0. The van der Waals surface area contributed by atoms with Crippen LogP contribution in [0.15, 0.2) is 0 Å². The highest BCUT2D eigenvalue weighted by molar-refractivity contribution is 4.81. The van der Waals surface area contributed by atoms with Crippen molar-refractivity contribution in [1.29, 1.82) is 0 Å². The first-order valence-corrected chi connectivity index (χ1v) is 5.52. The van der Waals surface area contributed by atoms with Crippen LogP contribution in [0.4, 0.5) is 13.2 Å². The van der Waals surface area contributed by atoms with Gasteiger partial charge in [0.15, 0.2) is 0 Å². The molecule has 0 aromatic carbocycles. The third kappa shape index (κ3) is 5.37. The summed E-state index contributed by atoms with van der Waals surface area (Å²) in [6.07, 6.45) is -1.26. The molecule has 0 saturated heterocycles. The maximum absolute atomic E-state index is 11.8. The minimum atomic E-state index is -4.02. The van der Waals surface area contributed by atoms with E-state index >= 15 is 0 Å². The maximum atomic E-state index is 11.8. The summed E-state index contributed by atoms with van der Waals surface area (Å²) >= 11 is 0. The van der Waals surface area contributed by atoms with E-state index in [1.807, 2.05) is 0 Å². The van der Waals surface area contributed by atoms with E-state index in [4.69, 9.17) is 5.73 Å². The van der Waals surface area contributed by atoms with Crippen LogP contribution in [0, 0.1) is 5.92 Å². The third-order valence-electron chi connectivity index (χ3n) is 2.94. The molecule has 0 aromatic rings. The van der Waals surface area contributed by atoms with E-state index in [0.29, 0.717) is 12.5 Å². The van der Waals surface area contributed by atoms with E-state index < -0.39 is 12.6 Å². The highest BCUT2D eigenvalue weighted by Gasteiger charge is 2.26. The van der Waals surface area contributed by atoms with Gasteiger partial charge in [-0.15, -0.1) is 0 Å². The molecule has 0 bridgehead atoms. The molecule has 0 aromatic heterocycles. The summed E-state index contributed by atoms with van der Waals surface area (Å²) in [6, 6.07) is 0.236. The normalized spacial score (nSPS) is 27.2. The number of nitrogens with two attached hydrogens (primary N) is 1. The highest BCUT2D eigenvalue weighted by Crippen LogP contribution is 2.23. The second-order valence-corrected chi connectivity index (χ2v) is 4.28. The van der Waals surface area contributed by atoms with Crippen LogP contribution in [0.1, 0.15) is 32.1 Å². The van der Waals surface area contributed by atoms with E-state index in [9.17, 15) is 13.2 Å². The molecule has 0 aliphatic heterocycles. The first kappa shape index (κ1) is 12.8. The average Bonchev–Trinajstić information content (AvgIpc) is 2.49. The molecule has 2 atom stereocenters. The Hall–Kier alpha value is -0.290. The minimum absolute atomic E-state index is 0.158. The van der Waals surface area contributed by atoms with Gasteiger partial charge >= 0.3 is 6.18 Å². The molecule has 3 N–H and O–H groups in total. The molecule has 90 valence electrons. The highest BCUT2D eigenvalue weighted by atomic mass is 19.4. The molecule has 1 fully saturated rings. The number of alkyl halides is 3. The largest absolute Gasteiger partial charge is 0.389 e. The van der Waals surface area contributed by atoms with Gasteiger partial charge in [0.25, 0.3) is 0 Å². The molecule has 1 aliphatic rings. The number of hydrogen-bond acceptors (Lipinski definition) is 2. The van der Waals surface area contributed by atoms with E-state index in [-0.39, 0.29) is 12.5 Å². The Bertz CT molecular complexity index is 182. The van der Waals surface area contributed by atoms with Crippen LogP contribution in [-0.4, -0.2) is 25.3 Å². The van der Waals surface area contributed by atoms with Gasteiger partial charge in [-0.3, -0.25) is 0 Å². The molecule has 0 heterocycles. The Balaban J connectivity index is 1.97. The minimum Gasteiger partial charge on any atom is -0.327 e. The standard InChI is InChI=1S/C10H19F3N2/c11-10(12,13)5-2-6-15-7-8-3-1-4-9(8)14/h8-9,15H,1-7,14H2. The fourth-order valence-corrected chi connectivity index (χ4v) is 2.02. The lowest BCUT2D eigenvalue weighted by molar-refractivity contribution is -0.135. The van der Waals surface area contributed by atoms with Crippen LogP contribution < -0.4 is 11.1 Å². The number of halogens is 3. The second kappa shape index (κ2) is 5.70. The van der Waals surface area contributed by atoms with Crippen molar-refractivity contribution in [2.45, 2.75) is 44.3 Å². The lowest BCUT2D eigenvalue weighted by atomic mass is 10.0. The number of rotatable bonds is 5. The van der Waals surface area contributed by atoms with Gasteiger partial charge in [0.05, 0.1) is 0 Å². The summed E-state index contributed by atoms with van der Waals surface area (Å²) in [7, 11) is 0. The van der Waals surface area contributed by atoms with Crippen LogP contribution in [0.25, 0.3) is 0 Å². The van der Waals surface area contributed by atoms with Gasteiger partial charge < -0.3 is 11.1 Å². The SMILES string of the molecule is NC1CCCC1CNCCCC(F)(F)F. The molecule has 0 radical (unpaired) electrons. The van der Waals surface area contributed by atoms with E-state index in [0.717, 1.165) is 25.8 Å². The predicted molar refractivity (Wildman–Crippen MR) is 53.5 cm³/mol. The fourth-order valence-electron chi connectivity index (χ4n) is 2.02. The number of hydrogen-bond donors (Lipinski definition) is 2. The molecule has 15 heavy (non-hydrogen) atoms. The third-order valence-corrected chi connectivity index (χ3v) is 2.94. The first-order valence-electron chi connectivity index (χ1n) is 5.52. The Morgan fingerprint density at radius 1 is 1.27 bits per heavy atom. The van der Waals surface area contributed by atoms with Gasteiger partial charge in [-0.05, 0) is 38.3 Å². The van der Waals surface area contributed by atoms with Gasteiger partial charge in [0, 0.05) is 12.5 Å². The van der Waals surface area contributed by atoms with Crippen molar-refractivity contribution in [1.82, 2.24) is 5.32 Å². The van der Waals surface area contributed by atoms with Gasteiger partial charge in [-0.2, -0.15) is 13.2 Å². The molecule has 0 amide bonds. The van der Waals surface area contributed by atoms with Gasteiger partial charge in [0.1, 0.15) is 0 Å². The van der Waals surface area contributed by atoms with Crippen molar-refractivity contribution in [3.63, 3.8) is 0 Å². The lowest BCUT2D eigenvalue weighted by Crippen LogP contribution is -2.33. The summed E-state index contributed by atoms with van der Waals surface area (Å²) in [5, 5.41) is 3.05. The summed E-state index contributed by atoms with van der Waals surface area (Å²) in [6.45, 7) is 1.20. The molecule has 1 rings (SSSR count). The van der Waals surface area contributed by atoms with Crippen molar-refractivity contribution in [3.05, 3.63) is 0 Å². The van der Waals surface area contributed by atoms with Crippen molar-refractivity contribution in [2.75, 3.05) is 13.1 Å². The van der Waals surface area contributed by atoms with E-state index in [1.54, 1.807) is 0 Å². The van der Waals surface area contributed by atoms with E-state index in [1.165, 1.54) is 0 Å². The molecule has 2 nitrogen and oxygen atoms in total. The molecule has 1 aliphatic carbocycles. The number of nitrogens with one attached hydrogen (secondary N) is 1. The molecule has 1 saturated carbocycles. The van der Waals surface area contributed by atoms with Crippen LogP contribution >= 0.6 is 0 Å². The smallest absolute Gasteiger partial charge is 0.327 e. The van der Waals surface area contributed by atoms with Crippen molar-refractivity contribution < 1.29 is 13.2 Å². The van der Waals surface area contributed by atoms with Crippen LogP contribution in [-0.2, 0) is 0 Å². The quantitative estimate of drug-likeness (QED) is 0.701. The Morgan fingerprint density at radius 3 is 2.53 bits per heavy atom. The molecule has 0 spiro atoms. The second-order valence-electron chi connectivity index (χ2n) is 4.28. The molecular weight excluding hydrogens is 205 g/mol. The molecular formula is C10H19F3N2. The monoisotopic (exact) mass is 224 g/mol. The summed E-state index contributed by atoms with van der Waals surface area (Å²) in [5.41, 5.74) is 5.84. The Labute approximate surface area is 88.4 Å². The zero-order valence-corrected chi connectivity index (χ0v) is 8.82. The topological polar surface area (TPSA) is 38.0 Å². The van der Waals surface area contributed by atoms with Gasteiger partial charge in [-0.25, -0.2) is 0 Å². The maximum Gasteiger partial charge on any atom is 0.389 e. The van der Waals surface area contributed by atoms with Crippen molar-refractivity contribution >= 4 is 0 Å². The van der Waals surface area contributed by atoms with Crippen LogP contribution in [0.5, 0.6) is 0 Å². The van der Waals surface area contributed by atoms with Crippen LogP contribution in [0.2, 0.25) is 0 Å². The molecule has 2 unspecified atom stereocenters. The zero-order chi connectivity index (χ0) is 11.3. The van der Waals surface area contributed by atoms with E-state index in [2.05, 4.69) is 5.32 Å². The lowest BCUT2D eigenvalue weighted by Gasteiger charge is -2.16. The summed E-state index contributed by atoms with van der Waals surface area (Å²) in [5.74, 6) is 0.455. The van der Waals surface area contributed by atoms with Crippen molar-refractivity contribution in [2.24, 2.45) is 11.7 Å². The van der Waals surface area contributed by atoms with Gasteiger partial charge in [0.2, 0.25) is 0 Å². The zero-order valence-electron chi connectivity index (χ0n) is 8.82. The Morgan fingerprint density at radius 2 is 2.00 bits per heavy atom. The van der Waals surface area contributed by atoms with Gasteiger partial charge in [-0.1, -0.05) is 6.42 Å². The first-order chi connectivity index (χ1) is 6.99. The molecule has 5 heteroatoms. The predicted octanol–water partition coefficient (Wildman–Crippen LogP) is 2.05. The average molecular weight is 224 g/mol. The van der Waals surface area contributed by atoms with Crippen molar-refractivity contribution in [3.8, 4) is 0 Å². The summed E-state index contributed by atoms with van der Waals surface area (Å²) < 4.78 is 35.4.